The number of hydrogen-bond donors (Lipinski definition) is 0. The van der Waals surface area contributed by atoms with E-state index >= 15 is 0 Å². The van der Waals surface area contributed by atoms with Crippen molar-refractivity contribution in [1.29, 1.82) is 0 Å². The van der Waals surface area contributed by atoms with Crippen LogP contribution in [0.5, 0.6) is 23.0 Å². The summed E-state index contributed by atoms with van der Waals surface area (Å²) in [6, 6.07) is 8.68. The molecule has 2 aromatic carbocycles. The maximum Gasteiger partial charge on any atom is 0.161 e. The minimum absolute atomic E-state index is 0.0518. The number of Topliss-reactive ketones (excluding diaryl/α,β-unsaturated/α-hetero) is 2. The van der Waals surface area contributed by atoms with Gasteiger partial charge in [0.05, 0.1) is 28.4 Å². The molecule has 0 bridgehead atoms. The van der Waals surface area contributed by atoms with Crippen LogP contribution in [0.1, 0.15) is 88.7 Å². The summed E-state index contributed by atoms with van der Waals surface area (Å²) in [7, 11) is 6.66. The van der Waals surface area contributed by atoms with Crippen LogP contribution in [-0.2, 0) is 22.4 Å². The molecule has 2 aromatic rings. The Morgan fingerprint density at radius 3 is 1.24 bits per heavy atom. The third-order valence-corrected chi connectivity index (χ3v) is 10.7. The van der Waals surface area contributed by atoms with Gasteiger partial charge in [0.25, 0.3) is 0 Å². The van der Waals surface area contributed by atoms with Gasteiger partial charge in [-0.1, -0.05) is 27.7 Å². The molecule has 8 heteroatoms. The summed E-state index contributed by atoms with van der Waals surface area (Å²) in [4.78, 5) is 29.7. The SMILES string of the molecule is COc1cc2c(cc1OC)[C@@H]1[C@@H](C(C)=O)CC(C)(C)CN1CC2.COc1cc2c(cc1OC)[C@H]1[C@H](C(C)=O)CC(C)(C)CN1CC2. The lowest BCUT2D eigenvalue weighted by Crippen LogP contribution is -2.51. The van der Waals surface area contributed by atoms with Crippen LogP contribution < -0.4 is 18.9 Å². The molecular formula is C38H54N2O6. The molecule has 8 nitrogen and oxygen atoms in total. The van der Waals surface area contributed by atoms with Crippen molar-refractivity contribution >= 4 is 11.6 Å². The standard InChI is InChI=1S/2C19H27NO3/c2*1-12(21)15-10-19(2,3)11-20-7-6-13-8-16(22-4)17(23-5)9-14(13)18(15)20/h2*8-9,15,18H,6-7,10-11H2,1-5H3/t2*15-,18-/m10/s1. The van der Waals surface area contributed by atoms with Gasteiger partial charge in [-0.2, -0.15) is 0 Å². The second-order valence-electron chi connectivity index (χ2n) is 15.3. The monoisotopic (exact) mass is 634 g/mol. The molecule has 0 radical (unpaired) electrons. The van der Waals surface area contributed by atoms with Gasteiger partial charge in [-0.15, -0.1) is 0 Å². The minimum atomic E-state index is 0.0518. The van der Waals surface area contributed by atoms with Crippen molar-refractivity contribution in [3.05, 3.63) is 46.5 Å². The fraction of sp³-hybridized carbons (Fsp3) is 0.632. The highest BCUT2D eigenvalue weighted by Gasteiger charge is 2.46. The molecule has 4 heterocycles. The zero-order valence-electron chi connectivity index (χ0n) is 29.6. The smallest absolute Gasteiger partial charge is 0.161 e. The number of piperidine rings is 2. The third-order valence-electron chi connectivity index (χ3n) is 10.7. The summed E-state index contributed by atoms with van der Waals surface area (Å²) in [5, 5.41) is 0. The van der Waals surface area contributed by atoms with Crippen molar-refractivity contribution in [2.75, 3.05) is 54.6 Å². The van der Waals surface area contributed by atoms with Crippen molar-refractivity contribution in [2.24, 2.45) is 22.7 Å². The molecule has 0 N–H and O–H groups in total. The molecule has 0 amide bonds. The van der Waals surface area contributed by atoms with Crippen LogP contribution in [0, 0.1) is 22.7 Å². The first kappa shape index (κ1) is 34.2. The highest BCUT2D eigenvalue weighted by atomic mass is 16.5. The molecule has 4 aliphatic rings. The van der Waals surface area contributed by atoms with Gasteiger partial charge in [0, 0.05) is 50.1 Å². The van der Waals surface area contributed by atoms with Crippen molar-refractivity contribution in [3.63, 3.8) is 0 Å². The van der Waals surface area contributed by atoms with Gasteiger partial charge in [-0.05, 0) is 96.9 Å². The molecule has 0 saturated carbocycles. The number of hydrogen-bond acceptors (Lipinski definition) is 8. The average Bonchev–Trinajstić information content (AvgIpc) is 3.01. The first-order chi connectivity index (χ1) is 21.7. The van der Waals surface area contributed by atoms with Gasteiger partial charge >= 0.3 is 0 Å². The number of carbonyl (C=O) groups is 2. The number of ether oxygens (including phenoxy) is 4. The lowest BCUT2D eigenvalue weighted by atomic mass is 9.69. The fourth-order valence-electron chi connectivity index (χ4n) is 8.73. The lowest BCUT2D eigenvalue weighted by Gasteiger charge is -2.50. The zero-order valence-corrected chi connectivity index (χ0v) is 29.6. The molecule has 0 spiro atoms. The van der Waals surface area contributed by atoms with Crippen LogP contribution in [0.2, 0.25) is 0 Å². The molecule has 4 aliphatic heterocycles. The number of ketones is 2. The van der Waals surface area contributed by atoms with Crippen LogP contribution >= 0.6 is 0 Å². The number of rotatable bonds is 6. The van der Waals surface area contributed by atoms with Gasteiger partial charge in [0.15, 0.2) is 23.0 Å². The van der Waals surface area contributed by atoms with Crippen LogP contribution in [0.25, 0.3) is 0 Å². The van der Waals surface area contributed by atoms with Gasteiger partial charge in [0.1, 0.15) is 11.6 Å². The van der Waals surface area contributed by atoms with Gasteiger partial charge in [-0.3, -0.25) is 19.4 Å². The van der Waals surface area contributed by atoms with E-state index in [4.69, 9.17) is 18.9 Å². The Bertz CT molecular complexity index is 1360. The highest BCUT2D eigenvalue weighted by molar-refractivity contribution is 5.80. The number of methoxy groups -OCH3 is 4. The Balaban J connectivity index is 0.000000181. The number of nitrogens with zero attached hydrogens (tertiary/aromatic N) is 2. The maximum absolute atomic E-state index is 12.3. The Kier molecular flexibility index (Phi) is 9.82. The van der Waals surface area contributed by atoms with E-state index in [2.05, 4.69) is 61.8 Å². The van der Waals surface area contributed by atoms with E-state index < -0.39 is 0 Å². The number of fused-ring (bicyclic) bond motifs is 6. The molecule has 0 aromatic heterocycles. The quantitative estimate of drug-likeness (QED) is 0.358. The Labute approximate surface area is 275 Å². The topological polar surface area (TPSA) is 77.5 Å². The fourth-order valence-corrected chi connectivity index (χ4v) is 8.73. The van der Waals surface area contributed by atoms with Crippen LogP contribution in [-0.4, -0.2) is 76.0 Å². The van der Waals surface area contributed by atoms with Crippen molar-refractivity contribution in [1.82, 2.24) is 9.80 Å². The molecule has 4 atom stereocenters. The molecule has 2 saturated heterocycles. The second-order valence-corrected chi connectivity index (χ2v) is 15.3. The van der Waals surface area contributed by atoms with E-state index in [1.165, 1.54) is 22.3 Å². The van der Waals surface area contributed by atoms with E-state index in [9.17, 15) is 9.59 Å². The number of carbonyl (C=O) groups excluding carboxylic acids is 2. The second kappa shape index (κ2) is 13.2. The molecule has 252 valence electrons. The van der Waals surface area contributed by atoms with Gasteiger partial charge in [0.2, 0.25) is 0 Å². The maximum atomic E-state index is 12.3. The summed E-state index contributed by atoms with van der Waals surface area (Å²) in [6.45, 7) is 16.6. The van der Waals surface area contributed by atoms with E-state index in [-0.39, 0.29) is 46.3 Å². The normalized spacial score (nSPS) is 26.1. The largest absolute Gasteiger partial charge is 0.493 e. The summed E-state index contributed by atoms with van der Waals surface area (Å²) < 4.78 is 21.9. The minimum Gasteiger partial charge on any atom is -0.493 e. The van der Waals surface area contributed by atoms with Crippen LogP contribution in [0.15, 0.2) is 24.3 Å². The molecular weight excluding hydrogens is 580 g/mol. The summed E-state index contributed by atoms with van der Waals surface area (Å²) in [5.74, 6) is 3.73. The zero-order chi connectivity index (χ0) is 33.6. The predicted octanol–water partition coefficient (Wildman–Crippen LogP) is 6.48. The third kappa shape index (κ3) is 6.66. The van der Waals surface area contributed by atoms with Gasteiger partial charge in [-0.25, -0.2) is 0 Å². The molecule has 46 heavy (non-hydrogen) atoms. The number of benzene rings is 2. The Morgan fingerprint density at radius 2 is 0.935 bits per heavy atom. The average molecular weight is 635 g/mol. The first-order valence-electron chi connectivity index (χ1n) is 16.7. The summed E-state index contributed by atoms with van der Waals surface area (Å²) in [5.41, 5.74) is 5.42. The van der Waals surface area contributed by atoms with E-state index in [1.54, 1.807) is 42.3 Å². The molecule has 0 aliphatic carbocycles. The van der Waals surface area contributed by atoms with E-state index in [1.807, 2.05) is 0 Å². The van der Waals surface area contributed by atoms with Crippen molar-refractivity contribution < 1.29 is 28.5 Å². The first-order valence-corrected chi connectivity index (χ1v) is 16.7. The van der Waals surface area contributed by atoms with Crippen molar-refractivity contribution in [2.45, 2.75) is 79.3 Å². The van der Waals surface area contributed by atoms with Gasteiger partial charge < -0.3 is 18.9 Å². The summed E-state index contributed by atoms with van der Waals surface area (Å²) >= 11 is 0. The van der Waals surface area contributed by atoms with E-state index in [0.29, 0.717) is 0 Å². The van der Waals surface area contributed by atoms with E-state index in [0.717, 1.165) is 74.9 Å². The Morgan fingerprint density at radius 1 is 0.609 bits per heavy atom. The van der Waals surface area contributed by atoms with Crippen LogP contribution in [0.4, 0.5) is 0 Å². The highest BCUT2D eigenvalue weighted by Crippen LogP contribution is 2.50. The van der Waals surface area contributed by atoms with Crippen molar-refractivity contribution in [3.8, 4) is 23.0 Å². The predicted molar refractivity (Wildman–Crippen MR) is 180 cm³/mol. The van der Waals surface area contributed by atoms with Crippen LogP contribution in [0.3, 0.4) is 0 Å². The molecule has 0 unspecified atom stereocenters. The lowest BCUT2D eigenvalue weighted by molar-refractivity contribution is -0.128. The molecule has 6 rings (SSSR count). The summed E-state index contributed by atoms with van der Waals surface area (Å²) in [6.07, 6.45) is 3.87. The Hall–Kier alpha value is -3.10. The molecule has 2 fully saturated rings.